The van der Waals surface area contributed by atoms with Crippen LogP contribution in [0.2, 0.25) is 0 Å². The van der Waals surface area contributed by atoms with Gasteiger partial charge in [0.25, 0.3) is 5.91 Å². The van der Waals surface area contributed by atoms with Crippen molar-refractivity contribution in [1.29, 1.82) is 0 Å². The molecular weight excluding hydrogens is 316 g/mol. The first-order valence-corrected chi connectivity index (χ1v) is 8.31. The highest BCUT2D eigenvalue weighted by atomic mass is 16.2. The Hall–Kier alpha value is -3.02. The number of amides is 2. The van der Waals surface area contributed by atoms with Crippen LogP contribution in [0.1, 0.15) is 17.3 Å². The van der Waals surface area contributed by atoms with E-state index < -0.39 is 0 Å². The molecule has 130 valence electrons. The lowest BCUT2D eigenvalue weighted by molar-refractivity contribution is -0.114. The zero-order valence-electron chi connectivity index (χ0n) is 14.2. The van der Waals surface area contributed by atoms with E-state index in [0.717, 1.165) is 18.8 Å². The highest BCUT2D eigenvalue weighted by Gasteiger charge is 2.25. The summed E-state index contributed by atoms with van der Waals surface area (Å²) in [5.74, 6) is -0.372. The van der Waals surface area contributed by atoms with Crippen LogP contribution >= 0.6 is 0 Å². The summed E-state index contributed by atoms with van der Waals surface area (Å²) >= 11 is 0. The van der Waals surface area contributed by atoms with Gasteiger partial charge in [-0.25, -0.2) is 0 Å². The van der Waals surface area contributed by atoms with Gasteiger partial charge in [-0.2, -0.15) is 0 Å². The topological polar surface area (TPSA) is 78.7 Å². The molecule has 1 aliphatic heterocycles. The van der Waals surface area contributed by atoms with Crippen LogP contribution in [-0.4, -0.2) is 42.9 Å². The molecule has 0 atom stereocenters. The molecule has 1 fully saturated rings. The standard InChI is InChI=1S/C19H22N4O2/c1-14(24)21-17-9-5-8-16(20)18(17)19(25)23-12-10-22(11-13-23)15-6-3-2-4-7-15/h2-9H,10-13,20H2,1H3,(H,21,24). The van der Waals surface area contributed by atoms with Crippen molar-refractivity contribution in [3.05, 3.63) is 54.1 Å². The van der Waals surface area contributed by atoms with E-state index in [0.29, 0.717) is 30.0 Å². The van der Waals surface area contributed by atoms with Crippen LogP contribution in [0.5, 0.6) is 0 Å². The number of hydrogen-bond donors (Lipinski definition) is 2. The Morgan fingerprint density at radius 2 is 1.64 bits per heavy atom. The second kappa shape index (κ2) is 7.25. The molecule has 1 aliphatic rings. The van der Waals surface area contributed by atoms with Gasteiger partial charge in [-0.1, -0.05) is 24.3 Å². The Balaban J connectivity index is 1.74. The quantitative estimate of drug-likeness (QED) is 0.841. The molecular formula is C19H22N4O2. The minimum atomic E-state index is -0.228. The molecule has 0 aliphatic carbocycles. The summed E-state index contributed by atoms with van der Waals surface area (Å²) in [6.45, 7) is 4.16. The number of nitrogens with zero attached hydrogens (tertiary/aromatic N) is 2. The number of nitrogens with two attached hydrogens (primary N) is 1. The predicted molar refractivity (Wildman–Crippen MR) is 99.7 cm³/mol. The maximum atomic E-state index is 12.9. The number of para-hydroxylation sites is 1. The van der Waals surface area contributed by atoms with Gasteiger partial charge in [0.1, 0.15) is 0 Å². The molecule has 0 bridgehead atoms. The average Bonchev–Trinajstić information content (AvgIpc) is 2.62. The van der Waals surface area contributed by atoms with Crippen molar-refractivity contribution in [2.45, 2.75) is 6.92 Å². The molecule has 0 spiro atoms. The third kappa shape index (κ3) is 3.74. The minimum Gasteiger partial charge on any atom is -0.398 e. The summed E-state index contributed by atoms with van der Waals surface area (Å²) < 4.78 is 0. The fraction of sp³-hybridized carbons (Fsp3) is 0.263. The maximum absolute atomic E-state index is 12.9. The van der Waals surface area contributed by atoms with E-state index in [4.69, 9.17) is 5.73 Å². The lowest BCUT2D eigenvalue weighted by Crippen LogP contribution is -2.49. The Bertz CT molecular complexity index is 768. The van der Waals surface area contributed by atoms with E-state index in [1.807, 2.05) is 18.2 Å². The SMILES string of the molecule is CC(=O)Nc1cccc(N)c1C(=O)N1CCN(c2ccccc2)CC1. The van der Waals surface area contributed by atoms with Crippen LogP contribution in [0, 0.1) is 0 Å². The van der Waals surface area contributed by atoms with Crippen LogP contribution in [0.4, 0.5) is 17.1 Å². The Kier molecular flexibility index (Phi) is 4.88. The summed E-state index contributed by atoms with van der Waals surface area (Å²) in [5.41, 5.74) is 8.38. The van der Waals surface area contributed by atoms with E-state index in [1.165, 1.54) is 6.92 Å². The van der Waals surface area contributed by atoms with Crippen LogP contribution in [0.25, 0.3) is 0 Å². The summed E-state index contributed by atoms with van der Waals surface area (Å²) in [5, 5.41) is 2.69. The first kappa shape index (κ1) is 16.8. The first-order valence-electron chi connectivity index (χ1n) is 8.31. The van der Waals surface area contributed by atoms with Crippen molar-refractivity contribution < 1.29 is 9.59 Å². The van der Waals surface area contributed by atoms with Crippen molar-refractivity contribution in [2.24, 2.45) is 0 Å². The second-order valence-corrected chi connectivity index (χ2v) is 6.07. The van der Waals surface area contributed by atoms with E-state index >= 15 is 0 Å². The molecule has 6 nitrogen and oxygen atoms in total. The van der Waals surface area contributed by atoms with E-state index in [-0.39, 0.29) is 11.8 Å². The number of anilines is 3. The molecule has 2 aromatic carbocycles. The molecule has 3 N–H and O–H groups in total. The summed E-state index contributed by atoms with van der Waals surface area (Å²) in [7, 11) is 0. The van der Waals surface area contributed by atoms with E-state index in [1.54, 1.807) is 23.1 Å². The third-order valence-electron chi connectivity index (χ3n) is 4.31. The fourth-order valence-electron chi connectivity index (χ4n) is 3.07. The van der Waals surface area contributed by atoms with Gasteiger partial charge in [-0.3, -0.25) is 9.59 Å². The van der Waals surface area contributed by atoms with Crippen LogP contribution in [0.15, 0.2) is 48.5 Å². The second-order valence-electron chi connectivity index (χ2n) is 6.07. The number of hydrogen-bond acceptors (Lipinski definition) is 4. The molecule has 2 aromatic rings. The van der Waals surface area contributed by atoms with Crippen molar-refractivity contribution in [1.82, 2.24) is 4.90 Å². The Labute approximate surface area is 147 Å². The number of nitrogens with one attached hydrogen (secondary N) is 1. The number of rotatable bonds is 3. The average molecular weight is 338 g/mol. The largest absolute Gasteiger partial charge is 0.398 e. The summed E-state index contributed by atoms with van der Waals surface area (Å²) in [6, 6.07) is 15.3. The van der Waals surface area contributed by atoms with E-state index in [9.17, 15) is 9.59 Å². The molecule has 6 heteroatoms. The molecule has 25 heavy (non-hydrogen) atoms. The van der Waals surface area contributed by atoms with Crippen LogP contribution in [-0.2, 0) is 4.79 Å². The van der Waals surface area contributed by atoms with Gasteiger partial charge in [0, 0.05) is 44.5 Å². The fourth-order valence-corrected chi connectivity index (χ4v) is 3.07. The normalized spacial score (nSPS) is 14.3. The molecule has 0 saturated carbocycles. The van der Waals surface area contributed by atoms with Crippen molar-refractivity contribution in [3.63, 3.8) is 0 Å². The predicted octanol–water partition coefficient (Wildman–Crippen LogP) is 2.19. The van der Waals surface area contributed by atoms with Crippen molar-refractivity contribution in [2.75, 3.05) is 42.1 Å². The van der Waals surface area contributed by atoms with Gasteiger partial charge in [0.05, 0.1) is 11.3 Å². The molecule has 3 rings (SSSR count). The zero-order chi connectivity index (χ0) is 17.8. The molecule has 0 aromatic heterocycles. The molecule has 0 unspecified atom stereocenters. The van der Waals surface area contributed by atoms with Gasteiger partial charge in [-0.15, -0.1) is 0 Å². The van der Waals surface area contributed by atoms with Crippen LogP contribution < -0.4 is 16.0 Å². The van der Waals surface area contributed by atoms with Gasteiger partial charge in [0.15, 0.2) is 0 Å². The lowest BCUT2D eigenvalue weighted by atomic mass is 10.1. The highest BCUT2D eigenvalue weighted by Crippen LogP contribution is 2.25. The molecule has 1 heterocycles. The maximum Gasteiger partial charge on any atom is 0.258 e. The number of nitrogen functional groups attached to an aromatic ring is 1. The van der Waals surface area contributed by atoms with Gasteiger partial charge in [0.2, 0.25) is 5.91 Å². The van der Waals surface area contributed by atoms with Gasteiger partial charge >= 0.3 is 0 Å². The third-order valence-corrected chi connectivity index (χ3v) is 4.31. The lowest BCUT2D eigenvalue weighted by Gasteiger charge is -2.36. The first-order chi connectivity index (χ1) is 12.1. The summed E-state index contributed by atoms with van der Waals surface area (Å²) in [4.78, 5) is 28.4. The Morgan fingerprint density at radius 3 is 2.28 bits per heavy atom. The molecule has 0 radical (unpaired) electrons. The molecule has 1 saturated heterocycles. The molecule has 2 amide bonds. The monoisotopic (exact) mass is 338 g/mol. The zero-order valence-corrected chi connectivity index (χ0v) is 14.2. The smallest absolute Gasteiger partial charge is 0.258 e. The highest BCUT2D eigenvalue weighted by molar-refractivity contribution is 6.07. The number of carbonyl (C=O) groups is 2. The number of piperazine rings is 1. The van der Waals surface area contributed by atoms with Gasteiger partial charge < -0.3 is 20.9 Å². The number of benzene rings is 2. The summed E-state index contributed by atoms with van der Waals surface area (Å²) in [6.07, 6.45) is 0. The van der Waals surface area contributed by atoms with Crippen molar-refractivity contribution in [3.8, 4) is 0 Å². The Morgan fingerprint density at radius 1 is 0.960 bits per heavy atom. The van der Waals surface area contributed by atoms with E-state index in [2.05, 4.69) is 22.3 Å². The minimum absolute atomic E-state index is 0.144. The number of carbonyl (C=O) groups excluding carboxylic acids is 2. The van der Waals surface area contributed by atoms with Gasteiger partial charge in [-0.05, 0) is 24.3 Å². The van der Waals surface area contributed by atoms with Crippen molar-refractivity contribution >= 4 is 28.9 Å². The van der Waals surface area contributed by atoms with Crippen LogP contribution in [0.3, 0.4) is 0 Å².